The Balaban J connectivity index is 1.82. The van der Waals surface area contributed by atoms with E-state index in [1.165, 1.54) is 12.1 Å². The number of sulfonamides is 2. The average Bonchev–Trinajstić information content (AvgIpc) is 2.82. The summed E-state index contributed by atoms with van der Waals surface area (Å²) >= 11 is 0. The van der Waals surface area contributed by atoms with Crippen LogP contribution in [0.2, 0.25) is 0 Å². The summed E-state index contributed by atoms with van der Waals surface area (Å²) in [5.41, 5.74) is 0.702. The van der Waals surface area contributed by atoms with Crippen LogP contribution >= 0.6 is 0 Å². The van der Waals surface area contributed by atoms with Crippen molar-refractivity contribution >= 4 is 48.8 Å². The van der Waals surface area contributed by atoms with Crippen LogP contribution in [-0.2, 0) is 30.3 Å². The minimum absolute atomic E-state index is 0.0445. The van der Waals surface area contributed by atoms with Crippen molar-refractivity contribution in [1.29, 1.82) is 0 Å². The SMILES string of the molecule is C=C(C=CCC1(C)C(=O)C(C2=NS(=O)(=O)c3cc(NS(C)(=O)=O)ccc3N2)=C(O)c2ccccc21)CC. The van der Waals surface area contributed by atoms with E-state index < -0.39 is 31.2 Å². The quantitative estimate of drug-likeness (QED) is 0.444. The van der Waals surface area contributed by atoms with Gasteiger partial charge in [0.1, 0.15) is 16.2 Å². The summed E-state index contributed by atoms with van der Waals surface area (Å²) in [6.07, 6.45) is 5.68. The fourth-order valence-electron chi connectivity index (χ4n) is 4.36. The van der Waals surface area contributed by atoms with Crippen LogP contribution in [0.15, 0.2) is 81.6 Å². The molecule has 2 aromatic carbocycles. The molecule has 194 valence electrons. The van der Waals surface area contributed by atoms with Gasteiger partial charge in [-0.2, -0.15) is 8.42 Å². The first kappa shape index (κ1) is 26.4. The molecule has 0 spiro atoms. The molecule has 0 amide bonds. The molecule has 0 saturated carbocycles. The summed E-state index contributed by atoms with van der Waals surface area (Å²) in [6, 6.07) is 10.8. The Kier molecular flexibility index (Phi) is 6.63. The Labute approximate surface area is 216 Å². The van der Waals surface area contributed by atoms with Crippen molar-refractivity contribution in [3.8, 4) is 0 Å². The van der Waals surface area contributed by atoms with E-state index in [1.54, 1.807) is 31.2 Å². The summed E-state index contributed by atoms with van der Waals surface area (Å²) < 4.78 is 55.4. The highest BCUT2D eigenvalue weighted by molar-refractivity contribution is 7.92. The van der Waals surface area contributed by atoms with Crippen molar-refractivity contribution in [2.24, 2.45) is 4.40 Å². The molecule has 1 heterocycles. The number of nitrogens with one attached hydrogen (secondary N) is 2. The number of hydrogen-bond acceptors (Lipinski definition) is 7. The number of amidine groups is 1. The van der Waals surface area contributed by atoms with E-state index in [9.17, 15) is 26.7 Å². The van der Waals surface area contributed by atoms with Gasteiger partial charge in [-0.05, 0) is 43.5 Å². The number of ketones is 1. The van der Waals surface area contributed by atoms with E-state index in [0.717, 1.165) is 24.3 Å². The maximum Gasteiger partial charge on any atom is 0.286 e. The number of nitrogens with zero attached hydrogens (tertiary/aromatic N) is 1. The standard InChI is InChI=1S/C26H27N3O6S2/c1-5-16(2)9-8-14-26(3)19-11-7-6-10-18(19)23(30)22(24(26)31)25-27-20-13-12-17(28-36(4,32)33)15-21(20)37(34,35)29-25/h6-13,15,28,30H,2,5,14H2,1,3-4H3,(H,27,29). The van der Waals surface area contributed by atoms with Gasteiger partial charge >= 0.3 is 0 Å². The number of hydrogen-bond donors (Lipinski definition) is 3. The largest absolute Gasteiger partial charge is 0.506 e. The van der Waals surface area contributed by atoms with E-state index in [1.807, 2.05) is 19.1 Å². The zero-order chi connectivity index (χ0) is 27.2. The van der Waals surface area contributed by atoms with Crippen molar-refractivity contribution in [2.45, 2.75) is 37.0 Å². The molecule has 2 aromatic rings. The number of fused-ring (bicyclic) bond motifs is 2. The summed E-state index contributed by atoms with van der Waals surface area (Å²) in [7, 11) is -7.98. The zero-order valence-electron chi connectivity index (χ0n) is 20.6. The van der Waals surface area contributed by atoms with Gasteiger partial charge in [0.15, 0.2) is 11.6 Å². The molecule has 0 bridgehead atoms. The smallest absolute Gasteiger partial charge is 0.286 e. The number of aliphatic hydroxyl groups is 1. The highest BCUT2D eigenvalue weighted by Crippen LogP contribution is 2.43. The number of carbonyl (C=O) groups is 1. The van der Waals surface area contributed by atoms with Crippen molar-refractivity contribution in [2.75, 3.05) is 16.3 Å². The predicted octanol–water partition coefficient (Wildman–Crippen LogP) is 4.29. The summed E-state index contributed by atoms with van der Waals surface area (Å²) in [6.45, 7) is 7.67. The van der Waals surface area contributed by atoms with E-state index >= 15 is 0 Å². The first-order valence-electron chi connectivity index (χ1n) is 11.4. The van der Waals surface area contributed by atoms with Crippen molar-refractivity contribution in [1.82, 2.24) is 0 Å². The third-order valence-electron chi connectivity index (χ3n) is 6.34. The van der Waals surface area contributed by atoms with Crippen LogP contribution in [0.25, 0.3) is 5.76 Å². The van der Waals surface area contributed by atoms with Gasteiger partial charge in [0, 0.05) is 11.3 Å². The van der Waals surface area contributed by atoms with E-state index in [-0.39, 0.29) is 39.9 Å². The van der Waals surface area contributed by atoms with Gasteiger partial charge in [0.05, 0.1) is 17.4 Å². The van der Waals surface area contributed by atoms with E-state index in [2.05, 4.69) is 21.0 Å². The van der Waals surface area contributed by atoms with Gasteiger partial charge in [-0.3, -0.25) is 9.52 Å². The van der Waals surface area contributed by atoms with E-state index in [4.69, 9.17) is 0 Å². The zero-order valence-corrected chi connectivity index (χ0v) is 22.2. The molecule has 0 saturated heterocycles. The molecule has 1 atom stereocenters. The number of carbonyl (C=O) groups excluding carboxylic acids is 1. The molecular weight excluding hydrogens is 514 g/mol. The lowest BCUT2D eigenvalue weighted by Gasteiger charge is -2.35. The first-order chi connectivity index (χ1) is 17.3. The minimum Gasteiger partial charge on any atom is -0.506 e. The average molecular weight is 542 g/mol. The van der Waals surface area contributed by atoms with Gasteiger partial charge in [0.25, 0.3) is 10.0 Å². The van der Waals surface area contributed by atoms with E-state index in [0.29, 0.717) is 11.1 Å². The highest BCUT2D eigenvalue weighted by atomic mass is 32.2. The molecule has 3 N–H and O–H groups in total. The van der Waals surface area contributed by atoms with Crippen LogP contribution < -0.4 is 10.0 Å². The summed E-state index contributed by atoms with van der Waals surface area (Å²) in [4.78, 5) is 13.7. The molecule has 0 aromatic heterocycles. The Morgan fingerprint density at radius 2 is 1.95 bits per heavy atom. The summed E-state index contributed by atoms with van der Waals surface area (Å²) in [5, 5.41) is 14.0. The number of rotatable bonds is 7. The molecule has 11 heteroatoms. The molecule has 4 rings (SSSR count). The van der Waals surface area contributed by atoms with Crippen molar-refractivity contribution < 1.29 is 26.7 Å². The topological polar surface area (TPSA) is 142 Å². The molecule has 0 fully saturated rings. The Morgan fingerprint density at radius 3 is 2.62 bits per heavy atom. The number of allylic oxidation sites excluding steroid dienone is 3. The number of aliphatic hydroxyl groups excluding tert-OH is 1. The summed E-state index contributed by atoms with van der Waals surface area (Å²) in [5.74, 6) is -1.17. The van der Waals surface area contributed by atoms with Crippen LogP contribution in [-0.4, -0.2) is 39.8 Å². The van der Waals surface area contributed by atoms with Crippen LogP contribution in [0.5, 0.6) is 0 Å². The number of Topliss-reactive ketones (excluding diaryl/α,β-unsaturated/α-hetero) is 1. The highest BCUT2D eigenvalue weighted by Gasteiger charge is 2.46. The second-order valence-electron chi connectivity index (χ2n) is 9.17. The molecule has 9 nitrogen and oxygen atoms in total. The maximum absolute atomic E-state index is 13.9. The van der Waals surface area contributed by atoms with Gasteiger partial charge in [-0.25, -0.2) is 8.42 Å². The Morgan fingerprint density at radius 1 is 1.24 bits per heavy atom. The molecular formula is C26H27N3O6S2. The second-order valence-corrected chi connectivity index (χ2v) is 12.5. The fraction of sp³-hybridized carbons (Fsp3) is 0.231. The normalized spacial score (nSPS) is 20.6. The molecule has 1 aliphatic heterocycles. The monoisotopic (exact) mass is 541 g/mol. The van der Waals surface area contributed by atoms with Crippen LogP contribution in [0.4, 0.5) is 11.4 Å². The molecule has 37 heavy (non-hydrogen) atoms. The molecule has 0 radical (unpaired) electrons. The second kappa shape index (κ2) is 9.31. The first-order valence-corrected chi connectivity index (χ1v) is 14.8. The predicted molar refractivity (Wildman–Crippen MR) is 145 cm³/mol. The number of anilines is 2. The van der Waals surface area contributed by atoms with Gasteiger partial charge in [-0.15, -0.1) is 4.40 Å². The van der Waals surface area contributed by atoms with Crippen molar-refractivity contribution in [3.63, 3.8) is 0 Å². The van der Waals surface area contributed by atoms with Crippen molar-refractivity contribution in [3.05, 3.63) is 83.5 Å². The Bertz CT molecular complexity index is 1640. The van der Waals surface area contributed by atoms with Crippen LogP contribution in [0.1, 0.15) is 37.8 Å². The fourth-order valence-corrected chi connectivity index (χ4v) is 6.06. The molecule has 1 unspecified atom stereocenters. The third-order valence-corrected chi connectivity index (χ3v) is 8.26. The van der Waals surface area contributed by atoms with Gasteiger partial charge in [-0.1, -0.05) is 55.5 Å². The minimum atomic E-state index is -4.34. The van der Waals surface area contributed by atoms with Crippen LogP contribution in [0.3, 0.4) is 0 Å². The third kappa shape index (κ3) is 4.96. The molecule has 2 aliphatic rings. The number of benzene rings is 2. The van der Waals surface area contributed by atoms with Gasteiger partial charge < -0.3 is 10.4 Å². The molecule has 1 aliphatic carbocycles. The maximum atomic E-state index is 13.9. The lowest BCUT2D eigenvalue weighted by atomic mass is 9.67. The lowest BCUT2D eigenvalue weighted by Crippen LogP contribution is -2.42. The van der Waals surface area contributed by atoms with Gasteiger partial charge in [0.2, 0.25) is 10.0 Å². The van der Waals surface area contributed by atoms with Crippen LogP contribution in [0, 0.1) is 0 Å². The Hall–Kier alpha value is -3.70. The lowest BCUT2D eigenvalue weighted by molar-refractivity contribution is -0.120.